The summed E-state index contributed by atoms with van der Waals surface area (Å²) in [4.78, 5) is 0. The Hall–Kier alpha value is -1.85. The molecule has 0 saturated heterocycles. The van der Waals surface area contributed by atoms with Crippen molar-refractivity contribution in [2.75, 3.05) is 10.2 Å². The van der Waals surface area contributed by atoms with Gasteiger partial charge < -0.3 is 17.0 Å². The summed E-state index contributed by atoms with van der Waals surface area (Å²) in [6, 6.07) is 20.2. The van der Waals surface area contributed by atoms with Gasteiger partial charge in [-0.3, -0.25) is 0 Å². The quantitative estimate of drug-likeness (QED) is 0.675. The van der Waals surface area contributed by atoms with Gasteiger partial charge in [-0.25, -0.2) is 0 Å². The van der Waals surface area contributed by atoms with Crippen LogP contribution < -0.4 is 32.6 Å². The zero-order chi connectivity index (χ0) is 11.5. The summed E-state index contributed by atoms with van der Waals surface area (Å²) in [5.74, 6) is 0. The van der Waals surface area contributed by atoms with Gasteiger partial charge in [0, 0.05) is 0 Å². The van der Waals surface area contributed by atoms with Crippen LogP contribution in [-0.4, -0.2) is 6.34 Å². The summed E-state index contributed by atoms with van der Waals surface area (Å²) in [6.45, 7) is 0. The van der Waals surface area contributed by atoms with E-state index in [0.29, 0.717) is 0 Å². The van der Waals surface area contributed by atoms with Crippen molar-refractivity contribution in [1.82, 2.24) is 0 Å². The molecule has 0 radical (unpaired) electrons. The Morgan fingerprint density at radius 2 is 1.33 bits per heavy atom. The van der Waals surface area contributed by atoms with E-state index in [1.807, 2.05) is 64.2 Å². The molecule has 0 aliphatic carbocycles. The van der Waals surface area contributed by atoms with E-state index in [1.54, 1.807) is 6.34 Å². The Morgan fingerprint density at radius 1 is 0.778 bits per heavy atom. The lowest BCUT2D eigenvalue weighted by molar-refractivity contribution is -0.537. The minimum absolute atomic E-state index is 0. The second-order valence-electron chi connectivity index (χ2n) is 3.72. The van der Waals surface area contributed by atoms with Gasteiger partial charge in [0.05, 0.1) is 5.69 Å². The van der Waals surface area contributed by atoms with Crippen LogP contribution in [0.15, 0.2) is 65.8 Å². The van der Waals surface area contributed by atoms with E-state index < -0.39 is 0 Å². The Kier molecular flexibility index (Phi) is 3.96. The topological polar surface area (TPSA) is 35.5 Å². The summed E-state index contributed by atoms with van der Waals surface area (Å²) in [5.41, 5.74) is 4.08. The first-order chi connectivity index (χ1) is 8.45. The number of benzene rings is 2. The number of anilines is 2. The molecular weight excluding hydrogens is 292 g/mol. The normalized spacial score (nSPS) is 13.6. The minimum Gasteiger partial charge on any atom is -1.00 e. The highest BCUT2D eigenvalue weighted by molar-refractivity contribution is 5.61. The molecule has 5 heteroatoms. The number of rotatable bonds is 2. The largest absolute Gasteiger partial charge is 1.00 e. The summed E-state index contributed by atoms with van der Waals surface area (Å²) in [7, 11) is 0. The average molecular weight is 305 g/mol. The molecule has 2 aromatic carbocycles. The van der Waals surface area contributed by atoms with E-state index in [1.165, 1.54) is 0 Å². The summed E-state index contributed by atoms with van der Waals surface area (Å²) in [6.07, 6.45) is 1.79. The lowest BCUT2D eigenvalue weighted by Crippen LogP contribution is -3.00. The average Bonchev–Trinajstić information content (AvgIpc) is 2.90. The maximum absolute atomic E-state index is 4.34. The van der Waals surface area contributed by atoms with Crippen molar-refractivity contribution >= 4 is 17.7 Å². The highest BCUT2D eigenvalue weighted by Crippen LogP contribution is 2.20. The predicted octanol–water partition coefficient (Wildman–Crippen LogP) is -1.65. The van der Waals surface area contributed by atoms with E-state index in [4.69, 9.17) is 0 Å². The third kappa shape index (κ3) is 2.37. The molecule has 0 amide bonds. The third-order valence-electron chi connectivity index (χ3n) is 2.60. The molecule has 1 heterocycles. The van der Waals surface area contributed by atoms with Crippen LogP contribution in [0.25, 0.3) is 0 Å². The van der Waals surface area contributed by atoms with Crippen LogP contribution in [0.1, 0.15) is 0 Å². The molecule has 92 valence electrons. The molecule has 1 aliphatic heterocycles. The molecule has 0 aromatic heterocycles. The fraction of sp³-hybridized carbons (Fsp3) is 0. The number of hydrazine groups is 1. The predicted molar refractivity (Wildman–Crippen MR) is 68.3 cm³/mol. The second-order valence-corrected chi connectivity index (χ2v) is 3.72. The number of nitrogens with two attached hydrogens (primary N) is 1. The van der Waals surface area contributed by atoms with Gasteiger partial charge >= 0.3 is 0 Å². The van der Waals surface area contributed by atoms with Crippen LogP contribution in [0.3, 0.4) is 0 Å². The maximum atomic E-state index is 4.34. The fourth-order valence-electron chi connectivity index (χ4n) is 1.80. The zero-order valence-electron chi connectivity index (χ0n) is 9.65. The van der Waals surface area contributed by atoms with Gasteiger partial charge in [-0.15, -0.1) is 10.2 Å². The van der Waals surface area contributed by atoms with Crippen LogP contribution in [0.4, 0.5) is 11.4 Å². The number of nitrogens with zero attached hydrogens (tertiary/aromatic N) is 3. The summed E-state index contributed by atoms with van der Waals surface area (Å²) in [5, 5.41) is 8.22. The van der Waals surface area contributed by atoms with E-state index >= 15 is 0 Å². The summed E-state index contributed by atoms with van der Waals surface area (Å²) < 4.78 is 0. The number of hydrogen-bond donors (Lipinski definition) is 1. The zero-order valence-corrected chi connectivity index (χ0v) is 11.2. The molecule has 2 aromatic rings. The van der Waals surface area contributed by atoms with E-state index in [-0.39, 0.29) is 17.0 Å². The SMILES string of the molecule is C1=NN(c2ccccc2)N(c2ccccc2)[NH2+]1.[Br-]. The number of para-hydroxylation sites is 2. The second kappa shape index (κ2) is 5.66. The van der Waals surface area contributed by atoms with Crippen LogP contribution in [0.5, 0.6) is 0 Å². The van der Waals surface area contributed by atoms with E-state index in [2.05, 4.69) is 17.2 Å². The van der Waals surface area contributed by atoms with Gasteiger partial charge in [0.2, 0.25) is 6.34 Å². The smallest absolute Gasteiger partial charge is 0.233 e. The number of hydrazone groups is 1. The molecule has 0 saturated carbocycles. The highest BCUT2D eigenvalue weighted by Gasteiger charge is 2.23. The Morgan fingerprint density at radius 3 is 1.94 bits per heavy atom. The van der Waals surface area contributed by atoms with Crippen molar-refractivity contribution in [3.63, 3.8) is 0 Å². The van der Waals surface area contributed by atoms with E-state index in [9.17, 15) is 0 Å². The minimum atomic E-state index is 0. The first-order valence-corrected chi connectivity index (χ1v) is 5.52. The lowest BCUT2D eigenvalue weighted by atomic mass is 10.3. The van der Waals surface area contributed by atoms with Gasteiger partial charge in [-0.2, -0.15) is 5.43 Å². The molecule has 0 spiro atoms. The molecular formula is C13H13BrN4. The number of halogens is 1. The van der Waals surface area contributed by atoms with Gasteiger partial charge in [0.15, 0.2) is 0 Å². The molecule has 0 bridgehead atoms. The molecule has 4 nitrogen and oxygen atoms in total. The van der Waals surface area contributed by atoms with Gasteiger partial charge in [-0.05, 0) is 24.3 Å². The van der Waals surface area contributed by atoms with Crippen LogP contribution >= 0.6 is 0 Å². The maximum Gasteiger partial charge on any atom is 0.233 e. The Bertz CT molecular complexity index is 515. The van der Waals surface area contributed by atoms with Crippen LogP contribution in [-0.2, 0) is 0 Å². The standard InChI is InChI=1S/C13H12N4.BrH/c1-3-7-12(8-4-1)16-14-11-15-17(16)13-9-5-2-6-10-13;/h1-11H,(H,14,15);1H. The van der Waals surface area contributed by atoms with E-state index in [0.717, 1.165) is 11.4 Å². The first-order valence-electron chi connectivity index (χ1n) is 5.52. The van der Waals surface area contributed by atoms with Crippen molar-refractivity contribution in [2.24, 2.45) is 5.10 Å². The van der Waals surface area contributed by atoms with Crippen LogP contribution in [0.2, 0.25) is 0 Å². The number of quaternary nitrogens is 1. The van der Waals surface area contributed by atoms with Gasteiger partial charge in [-0.1, -0.05) is 41.5 Å². The Labute approximate surface area is 116 Å². The number of hydrogen-bond acceptors (Lipinski definition) is 3. The Balaban J connectivity index is 0.00000120. The molecule has 2 N–H and O–H groups in total. The first kappa shape index (κ1) is 12.6. The lowest BCUT2D eigenvalue weighted by Gasteiger charge is -2.23. The van der Waals surface area contributed by atoms with Crippen molar-refractivity contribution < 1.29 is 22.4 Å². The highest BCUT2D eigenvalue weighted by atomic mass is 79.9. The van der Waals surface area contributed by atoms with Gasteiger partial charge in [0.1, 0.15) is 5.69 Å². The molecule has 3 rings (SSSR count). The summed E-state index contributed by atoms with van der Waals surface area (Å²) >= 11 is 0. The van der Waals surface area contributed by atoms with Gasteiger partial charge in [0.25, 0.3) is 0 Å². The fourth-order valence-corrected chi connectivity index (χ4v) is 1.80. The van der Waals surface area contributed by atoms with Crippen molar-refractivity contribution in [1.29, 1.82) is 0 Å². The molecule has 0 unspecified atom stereocenters. The van der Waals surface area contributed by atoms with Crippen LogP contribution in [0, 0.1) is 0 Å². The van der Waals surface area contributed by atoms with Crippen molar-refractivity contribution in [3.8, 4) is 0 Å². The molecule has 18 heavy (non-hydrogen) atoms. The molecule has 1 aliphatic rings. The third-order valence-corrected chi connectivity index (χ3v) is 2.60. The van der Waals surface area contributed by atoms with Crippen molar-refractivity contribution in [2.45, 2.75) is 0 Å². The monoisotopic (exact) mass is 304 g/mol. The molecule has 0 fully saturated rings. The molecule has 0 atom stereocenters. The van der Waals surface area contributed by atoms with Crippen molar-refractivity contribution in [3.05, 3.63) is 60.7 Å².